The van der Waals surface area contributed by atoms with Crippen LogP contribution in [0, 0.1) is 0 Å². The van der Waals surface area contributed by atoms with Crippen molar-refractivity contribution in [2.75, 3.05) is 5.73 Å². The van der Waals surface area contributed by atoms with E-state index in [9.17, 15) is 4.79 Å². The van der Waals surface area contributed by atoms with Crippen molar-refractivity contribution >= 4 is 27.5 Å². The second-order valence-electron chi connectivity index (χ2n) is 5.08. The first-order valence-corrected chi connectivity index (χ1v) is 7.17. The highest BCUT2D eigenvalue weighted by molar-refractivity contribution is 9.10. The average Bonchev–Trinajstić information content (AvgIpc) is 2.32. The van der Waals surface area contributed by atoms with E-state index in [1.54, 1.807) is 6.07 Å². The van der Waals surface area contributed by atoms with Crippen molar-refractivity contribution in [1.82, 2.24) is 4.90 Å². The van der Waals surface area contributed by atoms with E-state index < -0.39 is 0 Å². The molecule has 0 unspecified atom stereocenters. The Morgan fingerprint density at radius 3 is 2.50 bits per heavy atom. The third-order valence-electron chi connectivity index (χ3n) is 3.67. The number of hydrogen-bond donors (Lipinski definition) is 1. The number of piperidine rings is 1. The lowest BCUT2D eigenvalue weighted by molar-refractivity contribution is 0.0511. The molecule has 0 aromatic heterocycles. The van der Waals surface area contributed by atoms with Gasteiger partial charge in [-0.2, -0.15) is 0 Å². The monoisotopic (exact) mass is 310 g/mol. The van der Waals surface area contributed by atoms with Gasteiger partial charge in [-0.1, -0.05) is 0 Å². The first kappa shape index (κ1) is 13.4. The third kappa shape index (κ3) is 2.53. The maximum atomic E-state index is 12.5. The van der Waals surface area contributed by atoms with E-state index in [2.05, 4.69) is 29.8 Å². The number of carbonyl (C=O) groups excluding carboxylic acids is 1. The molecule has 0 spiro atoms. The van der Waals surface area contributed by atoms with Gasteiger partial charge in [0, 0.05) is 27.8 Å². The van der Waals surface area contributed by atoms with Gasteiger partial charge in [-0.15, -0.1) is 0 Å². The largest absolute Gasteiger partial charge is 0.398 e. The molecule has 0 radical (unpaired) electrons. The van der Waals surface area contributed by atoms with E-state index in [1.165, 1.54) is 6.42 Å². The van der Waals surface area contributed by atoms with Crippen LogP contribution in [0.1, 0.15) is 43.5 Å². The number of rotatable bonds is 1. The standard InChI is InChI=1S/C14H19BrN2O/c1-9-4-3-5-10(2)17(9)14(18)11-6-7-12(15)13(16)8-11/h6-10H,3-5,16H2,1-2H3/t9-,10+. The number of nitrogens with zero attached hydrogens (tertiary/aromatic N) is 1. The molecule has 1 saturated heterocycles. The van der Waals surface area contributed by atoms with Gasteiger partial charge in [0.25, 0.3) is 5.91 Å². The van der Waals surface area contributed by atoms with Crippen LogP contribution >= 0.6 is 15.9 Å². The molecule has 2 N–H and O–H groups in total. The number of halogens is 1. The second kappa shape index (κ2) is 5.31. The molecule has 1 aromatic carbocycles. The number of benzene rings is 1. The van der Waals surface area contributed by atoms with Crippen molar-refractivity contribution in [2.45, 2.75) is 45.2 Å². The molecule has 0 bridgehead atoms. The van der Waals surface area contributed by atoms with E-state index in [0.717, 1.165) is 17.3 Å². The van der Waals surface area contributed by atoms with Crippen LogP contribution in [-0.2, 0) is 0 Å². The quantitative estimate of drug-likeness (QED) is 0.808. The Labute approximate surface area is 116 Å². The zero-order chi connectivity index (χ0) is 13.3. The molecular formula is C14H19BrN2O. The van der Waals surface area contributed by atoms with E-state index >= 15 is 0 Å². The molecule has 98 valence electrons. The molecular weight excluding hydrogens is 292 g/mol. The Hall–Kier alpha value is -1.03. The minimum Gasteiger partial charge on any atom is -0.398 e. The summed E-state index contributed by atoms with van der Waals surface area (Å²) >= 11 is 3.35. The summed E-state index contributed by atoms with van der Waals surface area (Å²) in [5.41, 5.74) is 7.13. The van der Waals surface area contributed by atoms with E-state index in [-0.39, 0.29) is 5.91 Å². The number of nitrogen functional groups attached to an aromatic ring is 1. The summed E-state index contributed by atoms with van der Waals surface area (Å²) in [6.07, 6.45) is 3.37. The van der Waals surface area contributed by atoms with Crippen LogP contribution in [0.3, 0.4) is 0 Å². The van der Waals surface area contributed by atoms with Gasteiger partial charge in [-0.3, -0.25) is 4.79 Å². The maximum absolute atomic E-state index is 12.5. The smallest absolute Gasteiger partial charge is 0.254 e. The minimum atomic E-state index is 0.0916. The minimum absolute atomic E-state index is 0.0916. The molecule has 1 amide bonds. The Bertz CT molecular complexity index is 451. The number of likely N-dealkylation sites (tertiary alicyclic amines) is 1. The van der Waals surface area contributed by atoms with Gasteiger partial charge >= 0.3 is 0 Å². The van der Waals surface area contributed by atoms with Crippen molar-refractivity contribution in [2.24, 2.45) is 0 Å². The fraction of sp³-hybridized carbons (Fsp3) is 0.500. The van der Waals surface area contributed by atoms with Gasteiger partial charge in [0.1, 0.15) is 0 Å². The number of amides is 1. The Morgan fingerprint density at radius 2 is 1.94 bits per heavy atom. The summed E-state index contributed by atoms with van der Waals surface area (Å²) in [7, 11) is 0. The van der Waals surface area contributed by atoms with Crippen LogP contribution in [0.15, 0.2) is 22.7 Å². The normalized spacial score (nSPS) is 24.1. The molecule has 0 aliphatic carbocycles. The van der Waals surface area contributed by atoms with E-state index in [0.29, 0.717) is 23.3 Å². The number of hydrogen-bond acceptors (Lipinski definition) is 2. The lowest BCUT2D eigenvalue weighted by atomic mass is 9.96. The molecule has 4 heteroatoms. The van der Waals surface area contributed by atoms with Crippen LogP contribution in [0.25, 0.3) is 0 Å². The Morgan fingerprint density at radius 1 is 1.33 bits per heavy atom. The molecule has 1 aliphatic rings. The van der Waals surface area contributed by atoms with E-state index in [1.807, 2.05) is 17.0 Å². The molecule has 2 atom stereocenters. The van der Waals surface area contributed by atoms with Crippen LogP contribution < -0.4 is 5.73 Å². The van der Waals surface area contributed by atoms with Gasteiger partial charge in [0.05, 0.1) is 0 Å². The highest BCUT2D eigenvalue weighted by Crippen LogP contribution is 2.26. The fourth-order valence-electron chi connectivity index (χ4n) is 2.65. The van der Waals surface area contributed by atoms with Gasteiger partial charge < -0.3 is 10.6 Å². The summed E-state index contributed by atoms with van der Waals surface area (Å²) in [4.78, 5) is 14.5. The van der Waals surface area contributed by atoms with Gasteiger partial charge in [0.15, 0.2) is 0 Å². The molecule has 1 fully saturated rings. The molecule has 3 nitrogen and oxygen atoms in total. The van der Waals surface area contributed by atoms with Crippen molar-refractivity contribution in [3.8, 4) is 0 Å². The third-order valence-corrected chi connectivity index (χ3v) is 4.39. The summed E-state index contributed by atoms with van der Waals surface area (Å²) in [6.45, 7) is 4.24. The first-order valence-electron chi connectivity index (χ1n) is 6.38. The lowest BCUT2D eigenvalue weighted by Crippen LogP contribution is -2.47. The SMILES string of the molecule is C[C@@H]1CCC[C@H](C)N1C(=O)c1ccc(Br)c(N)c1. The summed E-state index contributed by atoms with van der Waals surface area (Å²) in [5, 5.41) is 0. The van der Waals surface area contributed by atoms with Crippen molar-refractivity contribution in [3.05, 3.63) is 28.2 Å². The molecule has 18 heavy (non-hydrogen) atoms. The summed E-state index contributed by atoms with van der Waals surface area (Å²) in [6, 6.07) is 6.04. The fourth-order valence-corrected chi connectivity index (χ4v) is 2.89. The second-order valence-corrected chi connectivity index (χ2v) is 5.93. The van der Waals surface area contributed by atoms with Crippen LogP contribution in [0.4, 0.5) is 5.69 Å². The topological polar surface area (TPSA) is 46.3 Å². The van der Waals surface area contributed by atoms with Gasteiger partial charge in [-0.25, -0.2) is 0 Å². The van der Waals surface area contributed by atoms with Crippen LogP contribution in [0.2, 0.25) is 0 Å². The highest BCUT2D eigenvalue weighted by atomic mass is 79.9. The van der Waals surface area contributed by atoms with Crippen molar-refractivity contribution in [3.63, 3.8) is 0 Å². The predicted octanol–water partition coefficient (Wildman–Crippen LogP) is 3.43. The number of nitrogens with two attached hydrogens (primary N) is 1. The van der Waals surface area contributed by atoms with Gasteiger partial charge in [-0.05, 0) is 67.2 Å². The zero-order valence-electron chi connectivity index (χ0n) is 10.8. The highest BCUT2D eigenvalue weighted by Gasteiger charge is 2.29. The Balaban J connectivity index is 2.26. The molecule has 1 aromatic rings. The molecule has 1 heterocycles. The van der Waals surface area contributed by atoms with E-state index in [4.69, 9.17) is 5.73 Å². The van der Waals surface area contributed by atoms with Crippen LogP contribution in [0.5, 0.6) is 0 Å². The Kier molecular flexibility index (Phi) is 3.95. The van der Waals surface area contributed by atoms with Crippen molar-refractivity contribution in [1.29, 1.82) is 0 Å². The number of carbonyl (C=O) groups is 1. The van der Waals surface area contributed by atoms with Crippen LogP contribution in [-0.4, -0.2) is 22.9 Å². The molecule has 0 saturated carbocycles. The predicted molar refractivity (Wildman–Crippen MR) is 77.5 cm³/mol. The average molecular weight is 311 g/mol. The lowest BCUT2D eigenvalue weighted by Gasteiger charge is -2.39. The summed E-state index contributed by atoms with van der Waals surface area (Å²) < 4.78 is 0.832. The number of anilines is 1. The molecule has 1 aliphatic heterocycles. The summed E-state index contributed by atoms with van der Waals surface area (Å²) in [5.74, 6) is 0.0916. The first-order chi connectivity index (χ1) is 8.50. The van der Waals surface area contributed by atoms with Crippen molar-refractivity contribution < 1.29 is 4.79 Å². The zero-order valence-corrected chi connectivity index (χ0v) is 12.4. The van der Waals surface area contributed by atoms with Gasteiger partial charge in [0.2, 0.25) is 0 Å². The molecule has 2 rings (SSSR count). The maximum Gasteiger partial charge on any atom is 0.254 e.